The molecule has 162 valence electrons. The fourth-order valence-electron chi connectivity index (χ4n) is 2.52. The van der Waals surface area contributed by atoms with Gasteiger partial charge in [0.05, 0.1) is 10.6 Å². The first-order valence-electron chi connectivity index (χ1n) is 8.80. The number of esters is 1. The van der Waals surface area contributed by atoms with E-state index in [4.69, 9.17) is 21.1 Å². The monoisotopic (exact) mass is 467 g/mol. The molecule has 0 spiro atoms. The lowest BCUT2D eigenvalue weighted by atomic mass is 10.3. The van der Waals surface area contributed by atoms with Gasteiger partial charge < -0.3 is 9.47 Å². The largest absolute Gasteiger partial charge is 0.479 e. The number of sulfonamides is 1. The molecular formula is C21H16ClF2NO5S. The predicted molar refractivity (Wildman–Crippen MR) is 111 cm³/mol. The fraction of sp³-hybridized carbons (Fsp3) is 0.0952. The van der Waals surface area contributed by atoms with Crippen LogP contribution in [0.25, 0.3) is 0 Å². The van der Waals surface area contributed by atoms with E-state index < -0.39 is 34.2 Å². The molecule has 0 unspecified atom stereocenters. The summed E-state index contributed by atoms with van der Waals surface area (Å²) in [6.07, 6.45) is 0. The SMILES string of the molecule is CN(c1ccc(OC(=O)COc2ccc(F)cc2F)cc1)S(=O)(=O)c1ccc(Cl)cc1. The van der Waals surface area contributed by atoms with Crippen LogP contribution in [0.15, 0.2) is 71.6 Å². The van der Waals surface area contributed by atoms with E-state index in [-0.39, 0.29) is 16.4 Å². The normalized spacial score (nSPS) is 11.1. The Morgan fingerprint density at radius 1 is 1.00 bits per heavy atom. The average Bonchev–Trinajstić information content (AvgIpc) is 2.73. The Bertz CT molecular complexity index is 1190. The van der Waals surface area contributed by atoms with Crippen LogP contribution < -0.4 is 13.8 Å². The number of ether oxygens (including phenoxy) is 2. The maximum Gasteiger partial charge on any atom is 0.349 e. The molecule has 0 aliphatic carbocycles. The molecule has 0 heterocycles. The lowest BCUT2D eigenvalue weighted by Gasteiger charge is -2.19. The van der Waals surface area contributed by atoms with Gasteiger partial charge in [-0.05, 0) is 60.7 Å². The highest BCUT2D eigenvalue weighted by atomic mass is 35.5. The van der Waals surface area contributed by atoms with E-state index in [1.54, 1.807) is 0 Å². The second-order valence-electron chi connectivity index (χ2n) is 6.26. The summed E-state index contributed by atoms with van der Waals surface area (Å²) in [5, 5.41) is 0.416. The van der Waals surface area contributed by atoms with E-state index in [1.807, 2.05) is 0 Å². The summed E-state index contributed by atoms with van der Waals surface area (Å²) in [7, 11) is -2.42. The topological polar surface area (TPSA) is 72.9 Å². The summed E-state index contributed by atoms with van der Waals surface area (Å²) >= 11 is 5.80. The number of hydrogen-bond acceptors (Lipinski definition) is 5. The summed E-state index contributed by atoms with van der Waals surface area (Å²) in [5.74, 6) is -2.69. The molecule has 0 aromatic heterocycles. The van der Waals surface area contributed by atoms with Crippen molar-refractivity contribution in [1.82, 2.24) is 0 Å². The number of rotatable bonds is 7. The molecule has 0 atom stereocenters. The van der Waals surface area contributed by atoms with Crippen LogP contribution in [0.3, 0.4) is 0 Å². The standard InChI is InChI=1S/C21H16ClF2NO5S/c1-25(31(27,28)18-9-2-14(22)3-10-18)16-5-7-17(8-6-16)30-21(26)13-29-20-11-4-15(23)12-19(20)24/h2-12H,13H2,1H3. The highest BCUT2D eigenvalue weighted by Crippen LogP contribution is 2.25. The molecule has 6 nitrogen and oxygen atoms in total. The summed E-state index contributed by atoms with van der Waals surface area (Å²) in [6, 6.07) is 14.2. The van der Waals surface area contributed by atoms with Crippen LogP contribution in [0.4, 0.5) is 14.5 Å². The molecule has 0 saturated heterocycles. The molecule has 0 amide bonds. The minimum Gasteiger partial charge on any atom is -0.479 e. The summed E-state index contributed by atoms with van der Waals surface area (Å²) in [4.78, 5) is 12.0. The van der Waals surface area contributed by atoms with Gasteiger partial charge >= 0.3 is 5.97 Å². The number of hydrogen-bond donors (Lipinski definition) is 0. The van der Waals surface area contributed by atoms with E-state index in [9.17, 15) is 22.0 Å². The lowest BCUT2D eigenvalue weighted by molar-refractivity contribution is -0.136. The maximum atomic E-state index is 13.5. The van der Waals surface area contributed by atoms with E-state index in [1.165, 1.54) is 55.6 Å². The number of carbonyl (C=O) groups is 1. The highest BCUT2D eigenvalue weighted by molar-refractivity contribution is 7.92. The molecule has 0 bridgehead atoms. The van der Waals surface area contributed by atoms with Crippen molar-refractivity contribution in [2.45, 2.75) is 4.90 Å². The molecule has 31 heavy (non-hydrogen) atoms. The van der Waals surface area contributed by atoms with Crippen LogP contribution in [0.2, 0.25) is 5.02 Å². The predicted octanol–water partition coefficient (Wildman–Crippen LogP) is 4.43. The van der Waals surface area contributed by atoms with Crippen molar-refractivity contribution >= 4 is 33.3 Å². The third-order valence-corrected chi connectivity index (χ3v) is 6.20. The molecule has 10 heteroatoms. The van der Waals surface area contributed by atoms with Crippen molar-refractivity contribution in [1.29, 1.82) is 0 Å². The second-order valence-corrected chi connectivity index (χ2v) is 8.66. The quantitative estimate of drug-likeness (QED) is 0.380. The van der Waals surface area contributed by atoms with Gasteiger partial charge in [0.15, 0.2) is 18.2 Å². The Morgan fingerprint density at radius 2 is 1.65 bits per heavy atom. The number of benzene rings is 3. The van der Waals surface area contributed by atoms with Gasteiger partial charge in [0.25, 0.3) is 10.0 Å². The molecular weight excluding hydrogens is 452 g/mol. The van der Waals surface area contributed by atoms with Crippen molar-refractivity contribution in [3.63, 3.8) is 0 Å². The zero-order valence-electron chi connectivity index (χ0n) is 16.1. The van der Waals surface area contributed by atoms with Crippen LogP contribution in [-0.2, 0) is 14.8 Å². The van der Waals surface area contributed by atoms with Crippen LogP contribution in [0, 0.1) is 11.6 Å². The van der Waals surface area contributed by atoms with Gasteiger partial charge in [0, 0.05) is 18.1 Å². The third kappa shape index (κ3) is 5.50. The van der Waals surface area contributed by atoms with Crippen molar-refractivity contribution in [2.24, 2.45) is 0 Å². The summed E-state index contributed by atoms with van der Waals surface area (Å²) in [5.41, 5.74) is 0.333. The third-order valence-electron chi connectivity index (χ3n) is 4.14. The van der Waals surface area contributed by atoms with E-state index in [0.29, 0.717) is 16.8 Å². The first-order chi connectivity index (χ1) is 14.7. The van der Waals surface area contributed by atoms with Crippen LogP contribution in [0.5, 0.6) is 11.5 Å². The Morgan fingerprint density at radius 3 is 2.26 bits per heavy atom. The van der Waals surface area contributed by atoms with E-state index in [2.05, 4.69) is 0 Å². The zero-order valence-corrected chi connectivity index (χ0v) is 17.7. The molecule has 0 aliphatic rings. The van der Waals surface area contributed by atoms with Crippen molar-refractivity contribution < 1.29 is 31.5 Å². The van der Waals surface area contributed by atoms with Gasteiger partial charge in [-0.1, -0.05) is 11.6 Å². The van der Waals surface area contributed by atoms with Gasteiger partial charge in [-0.25, -0.2) is 22.0 Å². The minimum absolute atomic E-state index is 0.0695. The minimum atomic E-state index is -3.81. The lowest BCUT2D eigenvalue weighted by Crippen LogP contribution is -2.26. The van der Waals surface area contributed by atoms with Gasteiger partial charge in [0.2, 0.25) is 0 Å². The molecule has 0 radical (unpaired) electrons. The van der Waals surface area contributed by atoms with Gasteiger partial charge in [0.1, 0.15) is 11.6 Å². The Hall–Kier alpha value is -3.17. The van der Waals surface area contributed by atoms with Crippen molar-refractivity contribution in [2.75, 3.05) is 18.0 Å². The molecule has 0 aliphatic heterocycles. The fourth-order valence-corrected chi connectivity index (χ4v) is 3.84. The summed E-state index contributed by atoms with van der Waals surface area (Å²) in [6.45, 7) is -0.602. The molecule has 3 rings (SSSR count). The molecule has 0 saturated carbocycles. The molecule has 3 aromatic rings. The van der Waals surface area contributed by atoms with E-state index in [0.717, 1.165) is 16.4 Å². The number of carbonyl (C=O) groups excluding carboxylic acids is 1. The van der Waals surface area contributed by atoms with Gasteiger partial charge in [-0.3, -0.25) is 4.31 Å². The van der Waals surface area contributed by atoms with Crippen molar-refractivity contribution in [3.8, 4) is 11.5 Å². The number of anilines is 1. The molecule has 0 N–H and O–H groups in total. The first-order valence-corrected chi connectivity index (χ1v) is 10.6. The van der Waals surface area contributed by atoms with Crippen LogP contribution >= 0.6 is 11.6 Å². The Kier molecular flexibility index (Phi) is 6.77. The smallest absolute Gasteiger partial charge is 0.349 e. The number of nitrogens with zero attached hydrogens (tertiary/aromatic N) is 1. The van der Waals surface area contributed by atoms with Crippen LogP contribution in [0.1, 0.15) is 0 Å². The van der Waals surface area contributed by atoms with Crippen molar-refractivity contribution in [3.05, 3.63) is 83.4 Å². The molecule has 0 fully saturated rings. The van der Waals surface area contributed by atoms with Gasteiger partial charge in [-0.15, -0.1) is 0 Å². The Balaban J connectivity index is 1.62. The summed E-state index contributed by atoms with van der Waals surface area (Å²) < 4.78 is 62.9. The van der Waals surface area contributed by atoms with E-state index >= 15 is 0 Å². The highest BCUT2D eigenvalue weighted by Gasteiger charge is 2.21. The Labute approximate surface area is 182 Å². The maximum absolute atomic E-state index is 13.5. The average molecular weight is 468 g/mol. The number of halogens is 3. The van der Waals surface area contributed by atoms with Gasteiger partial charge in [-0.2, -0.15) is 0 Å². The van der Waals surface area contributed by atoms with Crippen LogP contribution in [-0.4, -0.2) is 28.0 Å². The molecule has 3 aromatic carbocycles. The second kappa shape index (κ2) is 9.32. The first kappa shape index (κ1) is 22.5. The zero-order chi connectivity index (χ0) is 22.6.